The highest BCUT2D eigenvalue weighted by Gasteiger charge is 2.07. The SMILES string of the molecule is CC(C)COc1ccc(-c2cc(CO)c(=O)n(C)n2)cc1. The first-order valence-corrected chi connectivity index (χ1v) is 6.92. The van der Waals surface area contributed by atoms with Gasteiger partial charge >= 0.3 is 0 Å². The smallest absolute Gasteiger partial charge is 0.272 e. The highest BCUT2D eigenvalue weighted by molar-refractivity contribution is 5.60. The third-order valence-electron chi connectivity index (χ3n) is 3.04. The lowest BCUT2D eigenvalue weighted by Crippen LogP contribution is -2.23. The molecule has 1 aromatic heterocycles. The van der Waals surface area contributed by atoms with Gasteiger partial charge in [0.25, 0.3) is 5.56 Å². The zero-order valence-electron chi connectivity index (χ0n) is 12.5. The molecule has 0 amide bonds. The van der Waals surface area contributed by atoms with Crippen LogP contribution in [0.1, 0.15) is 19.4 Å². The van der Waals surface area contributed by atoms with Gasteiger partial charge in [-0.2, -0.15) is 5.10 Å². The molecule has 0 unspecified atom stereocenters. The Morgan fingerprint density at radius 3 is 2.52 bits per heavy atom. The van der Waals surface area contributed by atoms with E-state index in [0.717, 1.165) is 11.3 Å². The monoisotopic (exact) mass is 288 g/mol. The predicted molar refractivity (Wildman–Crippen MR) is 81.2 cm³/mol. The molecule has 0 aliphatic heterocycles. The topological polar surface area (TPSA) is 64.3 Å². The van der Waals surface area contributed by atoms with Crippen LogP contribution in [-0.2, 0) is 13.7 Å². The van der Waals surface area contributed by atoms with Crippen LogP contribution in [0.25, 0.3) is 11.3 Å². The zero-order chi connectivity index (χ0) is 15.4. The average molecular weight is 288 g/mol. The third-order valence-corrected chi connectivity index (χ3v) is 3.04. The van der Waals surface area contributed by atoms with E-state index < -0.39 is 0 Å². The number of ether oxygens (including phenoxy) is 1. The van der Waals surface area contributed by atoms with Gasteiger partial charge in [-0.15, -0.1) is 0 Å². The van der Waals surface area contributed by atoms with E-state index >= 15 is 0 Å². The molecule has 21 heavy (non-hydrogen) atoms. The summed E-state index contributed by atoms with van der Waals surface area (Å²) < 4.78 is 6.87. The van der Waals surface area contributed by atoms with Crippen molar-refractivity contribution in [3.63, 3.8) is 0 Å². The normalized spacial score (nSPS) is 10.9. The van der Waals surface area contributed by atoms with Crippen molar-refractivity contribution in [3.05, 3.63) is 46.2 Å². The Balaban J connectivity index is 2.26. The maximum atomic E-state index is 11.7. The van der Waals surface area contributed by atoms with Crippen LogP contribution >= 0.6 is 0 Å². The fourth-order valence-electron chi connectivity index (χ4n) is 1.91. The average Bonchev–Trinajstić information content (AvgIpc) is 2.48. The van der Waals surface area contributed by atoms with Gasteiger partial charge in [-0.05, 0) is 36.2 Å². The van der Waals surface area contributed by atoms with Crippen molar-refractivity contribution in [3.8, 4) is 17.0 Å². The minimum absolute atomic E-state index is 0.280. The van der Waals surface area contributed by atoms with Crippen LogP contribution in [0.5, 0.6) is 5.75 Å². The van der Waals surface area contributed by atoms with Crippen LogP contribution in [0.4, 0.5) is 0 Å². The van der Waals surface area contributed by atoms with Crippen molar-refractivity contribution >= 4 is 0 Å². The van der Waals surface area contributed by atoms with Crippen molar-refractivity contribution < 1.29 is 9.84 Å². The molecule has 5 nitrogen and oxygen atoms in total. The van der Waals surface area contributed by atoms with E-state index in [9.17, 15) is 9.90 Å². The van der Waals surface area contributed by atoms with E-state index in [0.29, 0.717) is 23.8 Å². The molecule has 1 N–H and O–H groups in total. The molecule has 0 aliphatic rings. The molecular formula is C16H20N2O3. The summed E-state index contributed by atoms with van der Waals surface area (Å²) in [6.07, 6.45) is 0. The summed E-state index contributed by atoms with van der Waals surface area (Å²) >= 11 is 0. The molecule has 2 aromatic rings. The molecule has 112 valence electrons. The van der Waals surface area contributed by atoms with Crippen molar-refractivity contribution in [1.82, 2.24) is 9.78 Å². The standard InChI is InChI=1S/C16H20N2O3/c1-11(2)10-21-14-6-4-12(5-7-14)15-8-13(9-19)16(20)18(3)17-15/h4-8,11,19H,9-10H2,1-3H3. The highest BCUT2D eigenvalue weighted by atomic mass is 16.5. The number of aliphatic hydroxyl groups is 1. The van der Waals surface area contributed by atoms with Crippen molar-refractivity contribution in [2.45, 2.75) is 20.5 Å². The van der Waals surface area contributed by atoms with Crippen LogP contribution < -0.4 is 10.3 Å². The first-order valence-electron chi connectivity index (χ1n) is 6.92. The largest absolute Gasteiger partial charge is 0.493 e. The van der Waals surface area contributed by atoms with Gasteiger partial charge < -0.3 is 9.84 Å². The molecule has 0 spiro atoms. The van der Waals surface area contributed by atoms with E-state index in [-0.39, 0.29) is 12.2 Å². The fraction of sp³-hybridized carbons (Fsp3) is 0.375. The maximum absolute atomic E-state index is 11.7. The number of aromatic nitrogens is 2. The molecule has 5 heteroatoms. The second-order valence-corrected chi connectivity index (χ2v) is 5.37. The molecule has 0 atom stereocenters. The summed E-state index contributed by atoms with van der Waals surface area (Å²) in [6, 6.07) is 9.16. The summed E-state index contributed by atoms with van der Waals surface area (Å²) in [5, 5.41) is 13.4. The van der Waals surface area contributed by atoms with Gasteiger partial charge in [0.15, 0.2) is 0 Å². The van der Waals surface area contributed by atoms with E-state index in [2.05, 4.69) is 18.9 Å². The van der Waals surface area contributed by atoms with E-state index in [1.165, 1.54) is 4.68 Å². The molecule has 1 heterocycles. The Labute approximate surface area is 123 Å². The van der Waals surface area contributed by atoms with Gasteiger partial charge in [-0.3, -0.25) is 4.79 Å². The van der Waals surface area contributed by atoms with Gasteiger partial charge in [0.1, 0.15) is 5.75 Å². The Bertz CT molecular complexity index is 660. The van der Waals surface area contributed by atoms with Gasteiger partial charge in [0.2, 0.25) is 0 Å². The lowest BCUT2D eigenvalue weighted by molar-refractivity contribution is 0.271. The number of aryl methyl sites for hydroxylation is 1. The number of nitrogens with zero attached hydrogens (tertiary/aromatic N) is 2. The molecule has 0 radical (unpaired) electrons. The molecule has 0 fully saturated rings. The fourth-order valence-corrected chi connectivity index (χ4v) is 1.91. The summed E-state index contributed by atoms with van der Waals surface area (Å²) in [5.74, 6) is 1.28. The Morgan fingerprint density at radius 1 is 1.29 bits per heavy atom. The second kappa shape index (κ2) is 6.54. The first kappa shape index (κ1) is 15.3. The lowest BCUT2D eigenvalue weighted by atomic mass is 10.1. The van der Waals surface area contributed by atoms with Crippen LogP contribution in [0, 0.1) is 5.92 Å². The maximum Gasteiger partial charge on any atom is 0.272 e. The Morgan fingerprint density at radius 2 is 1.95 bits per heavy atom. The molecule has 0 aliphatic carbocycles. The zero-order valence-corrected chi connectivity index (χ0v) is 12.5. The molecular weight excluding hydrogens is 268 g/mol. The van der Waals surface area contributed by atoms with E-state index in [1.54, 1.807) is 13.1 Å². The number of hydrogen-bond acceptors (Lipinski definition) is 4. The number of rotatable bonds is 5. The van der Waals surface area contributed by atoms with Crippen LogP contribution in [0.2, 0.25) is 0 Å². The number of benzene rings is 1. The number of hydrogen-bond donors (Lipinski definition) is 1. The van der Waals surface area contributed by atoms with Crippen molar-refractivity contribution in [2.75, 3.05) is 6.61 Å². The van der Waals surface area contributed by atoms with Gasteiger partial charge in [-0.25, -0.2) is 4.68 Å². The van der Waals surface area contributed by atoms with Crippen molar-refractivity contribution in [2.24, 2.45) is 13.0 Å². The van der Waals surface area contributed by atoms with E-state index in [1.807, 2.05) is 24.3 Å². The second-order valence-electron chi connectivity index (χ2n) is 5.37. The van der Waals surface area contributed by atoms with Gasteiger partial charge in [-0.1, -0.05) is 13.8 Å². The summed E-state index contributed by atoms with van der Waals surface area (Å²) in [5.41, 5.74) is 1.58. The van der Waals surface area contributed by atoms with Crippen LogP contribution in [0.3, 0.4) is 0 Å². The Kier molecular flexibility index (Phi) is 4.75. The van der Waals surface area contributed by atoms with Crippen molar-refractivity contribution in [1.29, 1.82) is 0 Å². The van der Waals surface area contributed by atoms with E-state index in [4.69, 9.17) is 4.74 Å². The minimum atomic E-state index is -0.294. The molecule has 2 rings (SSSR count). The molecule has 0 saturated carbocycles. The number of aliphatic hydroxyl groups excluding tert-OH is 1. The quantitative estimate of drug-likeness (QED) is 0.913. The van der Waals surface area contributed by atoms with Gasteiger partial charge in [0.05, 0.1) is 18.9 Å². The van der Waals surface area contributed by atoms with Crippen LogP contribution in [0.15, 0.2) is 35.1 Å². The summed E-state index contributed by atoms with van der Waals surface area (Å²) in [4.78, 5) is 11.7. The van der Waals surface area contributed by atoms with Gasteiger partial charge in [0, 0.05) is 18.2 Å². The highest BCUT2D eigenvalue weighted by Crippen LogP contribution is 2.21. The lowest BCUT2D eigenvalue weighted by Gasteiger charge is -2.10. The molecule has 1 aromatic carbocycles. The Hall–Kier alpha value is -2.14. The predicted octanol–water partition coefficient (Wildman–Crippen LogP) is 1.97. The third kappa shape index (κ3) is 3.70. The first-order chi connectivity index (χ1) is 10.0. The van der Waals surface area contributed by atoms with Crippen LogP contribution in [-0.4, -0.2) is 21.5 Å². The minimum Gasteiger partial charge on any atom is -0.493 e. The summed E-state index contributed by atoms with van der Waals surface area (Å²) in [6.45, 7) is 4.57. The summed E-state index contributed by atoms with van der Waals surface area (Å²) in [7, 11) is 1.57. The molecule has 0 saturated heterocycles. The molecule has 0 bridgehead atoms.